The van der Waals surface area contributed by atoms with Crippen molar-refractivity contribution in [1.29, 1.82) is 0 Å². The molecule has 2 N–H and O–H groups in total. The molecule has 1 aromatic carbocycles. The number of hydrogen-bond acceptors (Lipinski definition) is 3. The number of benzene rings is 1. The van der Waals surface area contributed by atoms with Gasteiger partial charge in [0.2, 0.25) is 5.91 Å². The summed E-state index contributed by atoms with van der Waals surface area (Å²) in [6.07, 6.45) is 2.13. The van der Waals surface area contributed by atoms with Crippen LogP contribution in [0.2, 0.25) is 0 Å². The standard InChI is InChI=1S/C15H23N3O/c1-18(2)14-7-3-12(4-8-14)11-16-9-10-17-15(19)13-5-6-13/h3-4,7-8,13,16H,5-6,9-11H2,1-2H3,(H,17,19). The molecule has 0 aliphatic heterocycles. The van der Waals surface area contributed by atoms with E-state index < -0.39 is 0 Å². The average molecular weight is 261 g/mol. The monoisotopic (exact) mass is 261 g/mol. The van der Waals surface area contributed by atoms with Crippen LogP contribution in [0.5, 0.6) is 0 Å². The third-order valence-corrected chi connectivity index (χ3v) is 3.33. The number of amides is 1. The Balaban J connectivity index is 1.60. The van der Waals surface area contributed by atoms with Crippen molar-refractivity contribution in [2.45, 2.75) is 19.4 Å². The molecule has 2 rings (SSSR count). The first-order valence-corrected chi connectivity index (χ1v) is 6.91. The summed E-state index contributed by atoms with van der Waals surface area (Å²) in [5.74, 6) is 0.524. The van der Waals surface area contributed by atoms with Gasteiger partial charge >= 0.3 is 0 Å². The van der Waals surface area contributed by atoms with E-state index in [1.807, 2.05) is 14.1 Å². The van der Waals surface area contributed by atoms with Crippen LogP contribution in [0.15, 0.2) is 24.3 Å². The van der Waals surface area contributed by atoms with Crippen LogP contribution in [0.1, 0.15) is 18.4 Å². The van der Waals surface area contributed by atoms with Crippen molar-refractivity contribution in [3.63, 3.8) is 0 Å². The van der Waals surface area contributed by atoms with Crippen LogP contribution in [-0.2, 0) is 11.3 Å². The molecule has 4 nitrogen and oxygen atoms in total. The van der Waals surface area contributed by atoms with Crippen LogP contribution in [0.3, 0.4) is 0 Å². The summed E-state index contributed by atoms with van der Waals surface area (Å²) in [5, 5.41) is 6.28. The fraction of sp³-hybridized carbons (Fsp3) is 0.533. The first kappa shape index (κ1) is 13.9. The van der Waals surface area contributed by atoms with Gasteiger partial charge in [0, 0.05) is 45.3 Å². The van der Waals surface area contributed by atoms with Crippen molar-refractivity contribution in [3.05, 3.63) is 29.8 Å². The molecule has 1 aromatic rings. The molecule has 4 heteroatoms. The first-order chi connectivity index (χ1) is 9.16. The Morgan fingerprint density at radius 1 is 1.21 bits per heavy atom. The van der Waals surface area contributed by atoms with Crippen LogP contribution in [0.25, 0.3) is 0 Å². The summed E-state index contributed by atoms with van der Waals surface area (Å²) in [4.78, 5) is 13.5. The normalized spacial score (nSPS) is 14.2. The van der Waals surface area contributed by atoms with Crippen LogP contribution in [-0.4, -0.2) is 33.1 Å². The highest BCUT2D eigenvalue weighted by Crippen LogP contribution is 2.28. The summed E-state index contributed by atoms with van der Waals surface area (Å²) in [5.41, 5.74) is 2.47. The molecule has 0 unspecified atom stereocenters. The predicted octanol–water partition coefficient (Wildman–Crippen LogP) is 1.37. The minimum atomic E-state index is 0.220. The third-order valence-electron chi connectivity index (χ3n) is 3.33. The fourth-order valence-corrected chi connectivity index (χ4v) is 1.91. The van der Waals surface area contributed by atoms with E-state index in [1.165, 1.54) is 11.3 Å². The number of nitrogens with zero attached hydrogens (tertiary/aromatic N) is 1. The van der Waals surface area contributed by atoms with E-state index in [4.69, 9.17) is 0 Å². The summed E-state index contributed by atoms with van der Waals surface area (Å²) in [6, 6.07) is 8.49. The van der Waals surface area contributed by atoms with Crippen molar-refractivity contribution < 1.29 is 4.79 Å². The number of hydrogen-bond donors (Lipinski definition) is 2. The molecule has 0 aromatic heterocycles. The molecular weight excluding hydrogens is 238 g/mol. The van der Waals surface area contributed by atoms with E-state index >= 15 is 0 Å². The van der Waals surface area contributed by atoms with Crippen molar-refractivity contribution in [1.82, 2.24) is 10.6 Å². The Kier molecular flexibility index (Phi) is 4.80. The largest absolute Gasteiger partial charge is 0.378 e. The zero-order valence-corrected chi connectivity index (χ0v) is 11.8. The van der Waals surface area contributed by atoms with Crippen molar-refractivity contribution >= 4 is 11.6 Å². The molecular formula is C15H23N3O. The molecule has 19 heavy (non-hydrogen) atoms. The van der Waals surface area contributed by atoms with Crippen molar-refractivity contribution in [2.75, 3.05) is 32.1 Å². The molecule has 1 fully saturated rings. The Morgan fingerprint density at radius 2 is 1.89 bits per heavy atom. The average Bonchev–Trinajstić information content (AvgIpc) is 3.23. The van der Waals surface area contributed by atoms with E-state index in [0.717, 1.165) is 25.9 Å². The highest BCUT2D eigenvalue weighted by molar-refractivity contribution is 5.80. The maximum absolute atomic E-state index is 11.4. The number of nitrogens with one attached hydrogen (secondary N) is 2. The Labute approximate surface area is 115 Å². The molecule has 104 valence electrons. The van der Waals surface area contributed by atoms with E-state index in [-0.39, 0.29) is 5.91 Å². The quantitative estimate of drug-likeness (QED) is 0.729. The predicted molar refractivity (Wildman–Crippen MR) is 78.2 cm³/mol. The van der Waals surface area contributed by atoms with Gasteiger partial charge in [-0.2, -0.15) is 0 Å². The number of carbonyl (C=O) groups excluding carboxylic acids is 1. The third kappa shape index (κ3) is 4.56. The summed E-state index contributed by atoms with van der Waals surface area (Å²) >= 11 is 0. The Bertz CT molecular complexity index is 410. The van der Waals surface area contributed by atoms with Crippen molar-refractivity contribution in [2.24, 2.45) is 5.92 Å². The topological polar surface area (TPSA) is 44.4 Å². The zero-order valence-electron chi connectivity index (χ0n) is 11.8. The summed E-state index contributed by atoms with van der Waals surface area (Å²) < 4.78 is 0. The molecule has 0 radical (unpaired) electrons. The van der Waals surface area contributed by atoms with Gasteiger partial charge in [-0.3, -0.25) is 4.79 Å². The molecule has 0 atom stereocenters. The highest BCUT2D eigenvalue weighted by Gasteiger charge is 2.28. The second-order valence-electron chi connectivity index (χ2n) is 5.30. The molecule has 0 bridgehead atoms. The van der Waals surface area contributed by atoms with Crippen LogP contribution < -0.4 is 15.5 Å². The molecule has 1 amide bonds. The molecule has 1 aliphatic carbocycles. The molecule has 1 saturated carbocycles. The van der Waals surface area contributed by atoms with Gasteiger partial charge < -0.3 is 15.5 Å². The fourth-order valence-electron chi connectivity index (χ4n) is 1.91. The summed E-state index contributed by atoms with van der Waals surface area (Å²) in [7, 11) is 4.08. The van der Waals surface area contributed by atoms with Gasteiger partial charge in [-0.15, -0.1) is 0 Å². The van der Waals surface area contributed by atoms with Gasteiger partial charge in [0.05, 0.1) is 0 Å². The first-order valence-electron chi connectivity index (χ1n) is 6.91. The van der Waals surface area contributed by atoms with Gasteiger partial charge in [0.1, 0.15) is 0 Å². The molecule has 0 saturated heterocycles. The lowest BCUT2D eigenvalue weighted by Gasteiger charge is -2.13. The maximum Gasteiger partial charge on any atom is 0.223 e. The van der Waals surface area contributed by atoms with Gasteiger partial charge in [0.25, 0.3) is 0 Å². The second kappa shape index (κ2) is 6.57. The number of carbonyl (C=O) groups is 1. The molecule has 0 spiro atoms. The zero-order chi connectivity index (χ0) is 13.7. The van der Waals surface area contributed by atoms with Gasteiger partial charge in [-0.25, -0.2) is 0 Å². The van der Waals surface area contributed by atoms with Gasteiger partial charge in [0.15, 0.2) is 0 Å². The van der Waals surface area contributed by atoms with Gasteiger partial charge in [-0.05, 0) is 30.5 Å². The van der Waals surface area contributed by atoms with E-state index in [9.17, 15) is 4.79 Å². The lowest BCUT2D eigenvalue weighted by atomic mass is 10.2. The van der Waals surface area contributed by atoms with Crippen LogP contribution in [0.4, 0.5) is 5.69 Å². The highest BCUT2D eigenvalue weighted by atomic mass is 16.2. The van der Waals surface area contributed by atoms with Crippen molar-refractivity contribution in [3.8, 4) is 0 Å². The lowest BCUT2D eigenvalue weighted by Crippen LogP contribution is -2.32. The smallest absolute Gasteiger partial charge is 0.223 e. The minimum absolute atomic E-state index is 0.220. The van der Waals surface area contributed by atoms with E-state index in [1.54, 1.807) is 0 Å². The SMILES string of the molecule is CN(C)c1ccc(CNCCNC(=O)C2CC2)cc1. The Hall–Kier alpha value is -1.55. The Morgan fingerprint density at radius 3 is 2.47 bits per heavy atom. The second-order valence-corrected chi connectivity index (χ2v) is 5.30. The van der Waals surface area contributed by atoms with Crippen LogP contribution >= 0.6 is 0 Å². The minimum Gasteiger partial charge on any atom is -0.378 e. The van der Waals surface area contributed by atoms with E-state index in [0.29, 0.717) is 12.5 Å². The van der Waals surface area contributed by atoms with Crippen LogP contribution in [0, 0.1) is 5.92 Å². The number of rotatable bonds is 7. The molecule has 1 aliphatic rings. The summed E-state index contributed by atoms with van der Waals surface area (Å²) in [6.45, 7) is 2.37. The molecule has 0 heterocycles. The van der Waals surface area contributed by atoms with E-state index in [2.05, 4.69) is 39.8 Å². The lowest BCUT2D eigenvalue weighted by molar-refractivity contribution is -0.122. The maximum atomic E-state index is 11.4. The number of anilines is 1. The van der Waals surface area contributed by atoms with Gasteiger partial charge in [-0.1, -0.05) is 12.1 Å².